The number of carbonyl (C=O) groups is 4. The van der Waals surface area contributed by atoms with Gasteiger partial charge in [-0.05, 0) is 18.2 Å². The molecule has 5 N–H and O–H groups in total. The normalized spacial score (nSPS) is 16.5. The second-order valence-corrected chi connectivity index (χ2v) is 10.5. The standard InChI is InChI=1S/C29H22ClF2N7O5/c30-22-14(8-9-18-25(22)36-27(34-18)29(43)44)15-5-3-6-17(23(15)32)35-28(42)20-10-13(31)11-38(20)21(40)12-39-19-7-2-1-4-16(19)24(37-39)26(33)41/h1-9,13,20H,10-12H2,(H2,33,41)(H,34,36)(H,35,42)(H,43,44)/t13-,20+/m1/s1. The summed E-state index contributed by atoms with van der Waals surface area (Å²) in [5.41, 5.74) is 6.28. The number of para-hydroxylation sites is 1. The number of hydrogen-bond donors (Lipinski definition) is 4. The topological polar surface area (TPSA) is 176 Å². The predicted octanol–water partition coefficient (Wildman–Crippen LogP) is 3.75. The molecule has 1 aliphatic rings. The highest BCUT2D eigenvalue weighted by atomic mass is 35.5. The Morgan fingerprint density at radius 2 is 1.86 bits per heavy atom. The number of rotatable bonds is 7. The van der Waals surface area contributed by atoms with Crippen LogP contribution in [0.3, 0.4) is 0 Å². The van der Waals surface area contributed by atoms with Crippen LogP contribution in [0.1, 0.15) is 27.5 Å². The number of alkyl halides is 1. The number of aromatic amines is 1. The fourth-order valence-corrected chi connectivity index (χ4v) is 5.67. The highest BCUT2D eigenvalue weighted by Gasteiger charge is 2.40. The fraction of sp³-hybridized carbons (Fsp3) is 0.172. The summed E-state index contributed by atoms with van der Waals surface area (Å²) in [6.45, 7) is -0.758. The number of nitrogens with one attached hydrogen (secondary N) is 2. The van der Waals surface area contributed by atoms with Gasteiger partial charge < -0.3 is 26.0 Å². The van der Waals surface area contributed by atoms with Gasteiger partial charge in [0.05, 0.1) is 33.8 Å². The lowest BCUT2D eigenvalue weighted by Gasteiger charge is -2.24. The molecule has 2 atom stereocenters. The van der Waals surface area contributed by atoms with Gasteiger partial charge in [0.25, 0.3) is 5.91 Å². The summed E-state index contributed by atoms with van der Waals surface area (Å²) >= 11 is 6.48. The monoisotopic (exact) mass is 621 g/mol. The fourth-order valence-electron chi connectivity index (χ4n) is 5.36. The maximum Gasteiger partial charge on any atom is 0.371 e. The second-order valence-electron chi connectivity index (χ2n) is 10.2. The quantitative estimate of drug-likeness (QED) is 0.214. The van der Waals surface area contributed by atoms with Gasteiger partial charge in [0.1, 0.15) is 18.8 Å². The number of aromatic carboxylic acids is 1. The minimum Gasteiger partial charge on any atom is -0.475 e. The van der Waals surface area contributed by atoms with Crippen LogP contribution in [0, 0.1) is 5.82 Å². The zero-order valence-corrected chi connectivity index (χ0v) is 23.3. The van der Waals surface area contributed by atoms with Crippen molar-refractivity contribution >= 4 is 62.9 Å². The van der Waals surface area contributed by atoms with Gasteiger partial charge >= 0.3 is 5.97 Å². The molecule has 0 bridgehead atoms. The number of anilines is 1. The Balaban J connectivity index is 1.25. The molecule has 3 heterocycles. The Morgan fingerprint density at radius 1 is 1.09 bits per heavy atom. The first-order valence-electron chi connectivity index (χ1n) is 13.2. The summed E-state index contributed by atoms with van der Waals surface area (Å²) in [5.74, 6) is -4.71. The highest BCUT2D eigenvalue weighted by molar-refractivity contribution is 6.37. The first-order chi connectivity index (χ1) is 21.0. The van der Waals surface area contributed by atoms with Crippen molar-refractivity contribution in [1.82, 2.24) is 24.6 Å². The third kappa shape index (κ3) is 4.98. The van der Waals surface area contributed by atoms with E-state index in [9.17, 15) is 28.7 Å². The van der Waals surface area contributed by atoms with Gasteiger partial charge in [-0.15, -0.1) is 0 Å². The number of carboxylic acids is 1. The van der Waals surface area contributed by atoms with Gasteiger partial charge in [-0.25, -0.2) is 18.6 Å². The molecule has 0 spiro atoms. The van der Waals surface area contributed by atoms with Crippen LogP contribution in [-0.4, -0.2) is 72.2 Å². The zero-order chi connectivity index (χ0) is 31.3. The smallest absolute Gasteiger partial charge is 0.371 e. The number of H-pyrrole nitrogens is 1. The number of nitrogens with two attached hydrogens (primary N) is 1. The molecule has 2 aromatic heterocycles. The van der Waals surface area contributed by atoms with Gasteiger partial charge in [0, 0.05) is 22.9 Å². The van der Waals surface area contributed by atoms with Crippen LogP contribution >= 0.6 is 11.6 Å². The van der Waals surface area contributed by atoms with Crippen molar-refractivity contribution in [2.75, 3.05) is 11.9 Å². The van der Waals surface area contributed by atoms with E-state index in [0.29, 0.717) is 10.9 Å². The molecule has 0 saturated carbocycles. The molecule has 15 heteroatoms. The van der Waals surface area contributed by atoms with E-state index >= 15 is 4.39 Å². The SMILES string of the molecule is NC(=O)c1nn(CC(=O)N2C[C@H](F)C[C@H]2C(=O)Nc2cccc(-c3ccc4nc(C(=O)O)[nH]c4c3Cl)c2F)c2ccccc12. The van der Waals surface area contributed by atoms with E-state index in [1.807, 2.05) is 0 Å². The number of primary amides is 1. The summed E-state index contributed by atoms with van der Waals surface area (Å²) in [6.07, 6.45) is -1.81. The first-order valence-corrected chi connectivity index (χ1v) is 13.6. The molecule has 3 amide bonds. The summed E-state index contributed by atoms with van der Waals surface area (Å²) in [7, 11) is 0. The van der Waals surface area contributed by atoms with E-state index in [-0.39, 0.29) is 57.4 Å². The number of benzene rings is 3. The molecule has 3 aromatic carbocycles. The molecule has 5 aromatic rings. The molecular weight excluding hydrogens is 600 g/mol. The molecule has 0 unspecified atom stereocenters. The summed E-state index contributed by atoms with van der Waals surface area (Å²) in [5, 5.41) is 16.3. The second kappa shape index (κ2) is 11.0. The summed E-state index contributed by atoms with van der Waals surface area (Å²) in [6, 6.07) is 12.5. The number of amides is 3. The van der Waals surface area contributed by atoms with Crippen molar-refractivity contribution in [3.63, 3.8) is 0 Å². The molecule has 0 radical (unpaired) electrons. The molecule has 0 aliphatic carbocycles. The van der Waals surface area contributed by atoms with Crippen LogP contribution in [-0.2, 0) is 16.1 Å². The van der Waals surface area contributed by atoms with E-state index in [0.717, 1.165) is 4.90 Å². The van der Waals surface area contributed by atoms with Crippen molar-refractivity contribution in [3.05, 3.63) is 77.0 Å². The van der Waals surface area contributed by atoms with Crippen molar-refractivity contribution in [2.24, 2.45) is 5.73 Å². The number of aromatic nitrogens is 4. The molecular formula is C29H22ClF2N7O5. The molecule has 1 aliphatic heterocycles. The van der Waals surface area contributed by atoms with E-state index in [2.05, 4.69) is 20.4 Å². The van der Waals surface area contributed by atoms with Crippen molar-refractivity contribution < 1.29 is 33.1 Å². The lowest BCUT2D eigenvalue weighted by atomic mass is 10.0. The number of nitrogens with zero attached hydrogens (tertiary/aromatic N) is 4. The average Bonchev–Trinajstić information content (AvgIpc) is 3.70. The number of carboxylic acid groups (broad SMARTS) is 1. The molecule has 6 rings (SSSR count). The number of hydrogen-bond acceptors (Lipinski definition) is 6. The highest BCUT2D eigenvalue weighted by Crippen LogP contribution is 2.37. The Hall–Kier alpha value is -5.37. The van der Waals surface area contributed by atoms with Crippen LogP contribution in [0.15, 0.2) is 54.6 Å². The number of fused-ring (bicyclic) bond motifs is 2. The predicted molar refractivity (Wildman–Crippen MR) is 155 cm³/mol. The van der Waals surface area contributed by atoms with Crippen molar-refractivity contribution in [3.8, 4) is 11.1 Å². The van der Waals surface area contributed by atoms with Crippen LogP contribution < -0.4 is 11.1 Å². The average molecular weight is 622 g/mol. The third-order valence-electron chi connectivity index (χ3n) is 7.39. The number of halogens is 3. The van der Waals surface area contributed by atoms with Crippen LogP contribution in [0.5, 0.6) is 0 Å². The number of likely N-dealkylation sites (tertiary alicyclic amines) is 1. The molecule has 12 nitrogen and oxygen atoms in total. The van der Waals surface area contributed by atoms with E-state index in [1.165, 1.54) is 35.0 Å². The Labute approximate surface area is 251 Å². The van der Waals surface area contributed by atoms with Gasteiger partial charge in [-0.1, -0.05) is 48.0 Å². The molecule has 224 valence electrons. The van der Waals surface area contributed by atoms with Gasteiger partial charge in [-0.3, -0.25) is 19.1 Å². The van der Waals surface area contributed by atoms with Crippen molar-refractivity contribution in [1.29, 1.82) is 0 Å². The molecule has 44 heavy (non-hydrogen) atoms. The maximum atomic E-state index is 15.8. The van der Waals surface area contributed by atoms with Gasteiger partial charge in [0.2, 0.25) is 17.6 Å². The molecule has 1 saturated heterocycles. The van der Waals surface area contributed by atoms with E-state index < -0.39 is 48.3 Å². The minimum absolute atomic E-state index is 0.000266. The van der Waals surface area contributed by atoms with Gasteiger partial charge in [-0.2, -0.15) is 5.10 Å². The Morgan fingerprint density at radius 3 is 2.61 bits per heavy atom. The summed E-state index contributed by atoms with van der Waals surface area (Å²) < 4.78 is 31.6. The van der Waals surface area contributed by atoms with Gasteiger partial charge in [0.15, 0.2) is 11.5 Å². The Bertz CT molecular complexity index is 2010. The van der Waals surface area contributed by atoms with E-state index in [1.54, 1.807) is 24.3 Å². The van der Waals surface area contributed by atoms with Crippen molar-refractivity contribution in [2.45, 2.75) is 25.2 Å². The van der Waals surface area contributed by atoms with Crippen LogP contribution in [0.2, 0.25) is 5.02 Å². The largest absolute Gasteiger partial charge is 0.475 e. The van der Waals surface area contributed by atoms with Crippen LogP contribution in [0.25, 0.3) is 33.1 Å². The van der Waals surface area contributed by atoms with E-state index in [4.69, 9.17) is 17.3 Å². The third-order valence-corrected chi connectivity index (χ3v) is 7.79. The maximum absolute atomic E-state index is 15.8. The zero-order valence-electron chi connectivity index (χ0n) is 22.6. The Kier molecular flexibility index (Phi) is 7.21. The lowest BCUT2D eigenvalue weighted by Crippen LogP contribution is -2.44. The summed E-state index contributed by atoms with van der Waals surface area (Å²) in [4.78, 5) is 57.4. The number of imidazole rings is 1. The lowest BCUT2D eigenvalue weighted by molar-refractivity contribution is -0.137. The van der Waals surface area contributed by atoms with Crippen LogP contribution in [0.4, 0.5) is 14.5 Å². The minimum atomic E-state index is -1.50. The number of carbonyl (C=O) groups excluding carboxylic acids is 3. The molecule has 1 fully saturated rings. The first kappa shape index (κ1) is 28.7.